The Labute approximate surface area is 128 Å². The number of alkyl halides is 1. The molecule has 0 radical (unpaired) electrons. The van der Waals surface area contributed by atoms with Crippen molar-refractivity contribution >= 4 is 17.6 Å². The maximum atomic E-state index is 11.8. The third-order valence-electron chi connectivity index (χ3n) is 3.05. The second-order valence-corrected chi connectivity index (χ2v) is 5.16. The van der Waals surface area contributed by atoms with E-state index in [0.29, 0.717) is 18.8 Å². The van der Waals surface area contributed by atoms with Gasteiger partial charge < -0.3 is 4.74 Å². The van der Waals surface area contributed by atoms with Gasteiger partial charge in [0.2, 0.25) is 0 Å². The number of nitrogens with zero attached hydrogens (tertiary/aromatic N) is 3. The highest BCUT2D eigenvalue weighted by Crippen LogP contribution is 2.15. The molecule has 0 aliphatic rings. The molecule has 0 amide bonds. The van der Waals surface area contributed by atoms with Gasteiger partial charge in [-0.15, -0.1) is 16.7 Å². The average Bonchev–Trinajstić information content (AvgIpc) is 2.80. The van der Waals surface area contributed by atoms with Gasteiger partial charge in [0.1, 0.15) is 0 Å². The van der Waals surface area contributed by atoms with E-state index in [2.05, 4.69) is 28.5 Å². The molecule has 0 aliphatic carbocycles. The maximum Gasteiger partial charge on any atom is 0.360 e. The summed E-state index contributed by atoms with van der Waals surface area (Å²) in [7, 11) is 0. The molecule has 1 heterocycles. The minimum absolute atomic E-state index is 0.159. The molecule has 0 spiro atoms. The summed E-state index contributed by atoms with van der Waals surface area (Å²) >= 11 is 5.94. The van der Waals surface area contributed by atoms with Crippen molar-refractivity contribution in [1.29, 1.82) is 0 Å². The van der Waals surface area contributed by atoms with Crippen LogP contribution in [0.4, 0.5) is 0 Å². The fourth-order valence-corrected chi connectivity index (χ4v) is 2.55. The van der Waals surface area contributed by atoms with Gasteiger partial charge in [-0.2, -0.15) is 0 Å². The van der Waals surface area contributed by atoms with E-state index in [0.717, 1.165) is 5.56 Å². The number of aryl methyl sites for hydroxylation is 2. The van der Waals surface area contributed by atoms with E-state index in [1.807, 2.05) is 13.8 Å². The molecule has 21 heavy (non-hydrogen) atoms. The molecule has 0 saturated heterocycles. The summed E-state index contributed by atoms with van der Waals surface area (Å²) in [6.07, 6.45) is 0. The van der Waals surface area contributed by atoms with Crippen LogP contribution in [-0.2, 0) is 17.2 Å². The van der Waals surface area contributed by atoms with Crippen molar-refractivity contribution in [2.45, 2.75) is 33.2 Å². The molecule has 0 unspecified atom stereocenters. The monoisotopic (exact) mass is 307 g/mol. The molecule has 2 rings (SSSR count). The second-order valence-electron chi connectivity index (χ2n) is 4.89. The molecule has 0 saturated carbocycles. The Morgan fingerprint density at radius 1 is 1.29 bits per heavy atom. The Bertz CT molecular complexity index is 632. The SMILES string of the molecule is CCOC(=O)c1nnn(Cc2cc(C)cc(C)c2)c1CCl. The number of hydrogen-bond acceptors (Lipinski definition) is 4. The largest absolute Gasteiger partial charge is 0.461 e. The number of benzene rings is 1. The van der Waals surface area contributed by atoms with Crippen molar-refractivity contribution in [2.24, 2.45) is 0 Å². The van der Waals surface area contributed by atoms with Gasteiger partial charge in [0.05, 0.1) is 24.7 Å². The first kappa shape index (κ1) is 15.5. The minimum atomic E-state index is -0.486. The van der Waals surface area contributed by atoms with Crippen molar-refractivity contribution in [2.75, 3.05) is 6.61 Å². The lowest BCUT2D eigenvalue weighted by molar-refractivity contribution is 0.0518. The van der Waals surface area contributed by atoms with Crippen molar-refractivity contribution in [1.82, 2.24) is 15.0 Å². The standard InChI is InChI=1S/C15H18ClN3O2/c1-4-21-15(20)14-13(8-16)19(18-17-14)9-12-6-10(2)5-11(3)7-12/h5-7H,4,8-9H2,1-3H3. The van der Waals surface area contributed by atoms with Crippen molar-refractivity contribution in [3.8, 4) is 0 Å². The molecule has 2 aromatic rings. The average molecular weight is 308 g/mol. The first-order chi connectivity index (χ1) is 10.0. The van der Waals surface area contributed by atoms with Crippen molar-refractivity contribution < 1.29 is 9.53 Å². The topological polar surface area (TPSA) is 57.0 Å². The Morgan fingerprint density at radius 2 is 1.95 bits per heavy atom. The molecule has 1 aromatic heterocycles. The summed E-state index contributed by atoms with van der Waals surface area (Å²) < 4.78 is 6.61. The van der Waals surface area contributed by atoms with Crippen molar-refractivity contribution in [3.63, 3.8) is 0 Å². The van der Waals surface area contributed by atoms with Crippen LogP contribution < -0.4 is 0 Å². The molecule has 0 bridgehead atoms. The van der Waals surface area contributed by atoms with Gasteiger partial charge in [-0.3, -0.25) is 0 Å². The quantitative estimate of drug-likeness (QED) is 0.629. The summed E-state index contributed by atoms with van der Waals surface area (Å²) in [5.41, 5.74) is 4.23. The predicted molar refractivity (Wildman–Crippen MR) is 80.6 cm³/mol. The highest BCUT2D eigenvalue weighted by atomic mass is 35.5. The molecule has 5 nitrogen and oxygen atoms in total. The highest BCUT2D eigenvalue weighted by Gasteiger charge is 2.20. The number of rotatable bonds is 5. The molecule has 1 aromatic carbocycles. The summed E-state index contributed by atoms with van der Waals surface area (Å²) in [5.74, 6) is -0.328. The van der Waals surface area contributed by atoms with Crippen LogP contribution in [0.2, 0.25) is 0 Å². The van der Waals surface area contributed by atoms with Crippen LogP contribution in [0.15, 0.2) is 18.2 Å². The van der Waals surface area contributed by atoms with E-state index in [1.165, 1.54) is 11.1 Å². The van der Waals surface area contributed by atoms with Gasteiger partial charge in [-0.1, -0.05) is 34.5 Å². The van der Waals surface area contributed by atoms with E-state index >= 15 is 0 Å². The van der Waals surface area contributed by atoms with E-state index in [9.17, 15) is 4.79 Å². The molecule has 0 fully saturated rings. The molecular weight excluding hydrogens is 290 g/mol. The number of aromatic nitrogens is 3. The minimum Gasteiger partial charge on any atom is -0.461 e. The number of esters is 1. The zero-order valence-electron chi connectivity index (χ0n) is 12.4. The molecule has 0 aliphatic heterocycles. The third kappa shape index (κ3) is 3.61. The van der Waals surface area contributed by atoms with Crippen LogP contribution in [0.25, 0.3) is 0 Å². The Balaban J connectivity index is 2.30. The van der Waals surface area contributed by atoms with Gasteiger partial charge in [0.25, 0.3) is 0 Å². The second kappa shape index (κ2) is 6.72. The fourth-order valence-electron chi connectivity index (χ4n) is 2.28. The summed E-state index contributed by atoms with van der Waals surface area (Å²) in [5, 5.41) is 7.93. The lowest BCUT2D eigenvalue weighted by Crippen LogP contribution is -2.10. The van der Waals surface area contributed by atoms with Crippen molar-refractivity contribution in [3.05, 3.63) is 46.3 Å². The van der Waals surface area contributed by atoms with Crippen LogP contribution in [0.5, 0.6) is 0 Å². The lowest BCUT2D eigenvalue weighted by Gasteiger charge is -2.07. The Hall–Kier alpha value is -1.88. The molecule has 6 heteroatoms. The van der Waals surface area contributed by atoms with E-state index in [1.54, 1.807) is 11.6 Å². The summed E-state index contributed by atoms with van der Waals surface area (Å²) in [6, 6.07) is 6.27. The van der Waals surface area contributed by atoms with Gasteiger partial charge in [-0.25, -0.2) is 9.48 Å². The van der Waals surface area contributed by atoms with Crippen LogP contribution in [0, 0.1) is 13.8 Å². The normalized spacial score (nSPS) is 10.7. The van der Waals surface area contributed by atoms with Crippen LogP contribution in [0.3, 0.4) is 0 Å². The number of hydrogen-bond donors (Lipinski definition) is 0. The predicted octanol–water partition coefficient (Wildman–Crippen LogP) is 2.86. The van der Waals surface area contributed by atoms with E-state index in [-0.39, 0.29) is 11.6 Å². The molecule has 0 N–H and O–H groups in total. The van der Waals surface area contributed by atoms with E-state index < -0.39 is 5.97 Å². The molecule has 112 valence electrons. The highest BCUT2D eigenvalue weighted by molar-refractivity contribution is 6.17. The third-order valence-corrected chi connectivity index (χ3v) is 3.30. The van der Waals surface area contributed by atoms with Crippen LogP contribution in [-0.4, -0.2) is 27.6 Å². The van der Waals surface area contributed by atoms with E-state index in [4.69, 9.17) is 16.3 Å². The van der Waals surface area contributed by atoms with Gasteiger partial charge >= 0.3 is 5.97 Å². The van der Waals surface area contributed by atoms with Gasteiger partial charge in [0.15, 0.2) is 5.69 Å². The van der Waals surface area contributed by atoms with Crippen LogP contribution in [0.1, 0.15) is 39.8 Å². The first-order valence-corrected chi connectivity index (χ1v) is 7.31. The van der Waals surface area contributed by atoms with Gasteiger partial charge in [-0.05, 0) is 26.3 Å². The number of halogens is 1. The number of ether oxygens (including phenoxy) is 1. The zero-order valence-corrected chi connectivity index (χ0v) is 13.1. The number of carbonyl (C=O) groups is 1. The molecular formula is C15H18ClN3O2. The fraction of sp³-hybridized carbons (Fsp3) is 0.400. The smallest absolute Gasteiger partial charge is 0.360 e. The lowest BCUT2D eigenvalue weighted by atomic mass is 10.1. The Morgan fingerprint density at radius 3 is 2.52 bits per heavy atom. The first-order valence-electron chi connectivity index (χ1n) is 6.77. The molecule has 0 atom stereocenters. The maximum absolute atomic E-state index is 11.8. The van der Waals surface area contributed by atoms with Gasteiger partial charge in [0, 0.05) is 0 Å². The zero-order chi connectivity index (χ0) is 15.4. The number of carbonyl (C=O) groups excluding carboxylic acids is 1. The van der Waals surface area contributed by atoms with Crippen LogP contribution >= 0.6 is 11.6 Å². The Kier molecular flexibility index (Phi) is 4.96. The summed E-state index contributed by atoms with van der Waals surface area (Å²) in [6.45, 7) is 6.66. The summed E-state index contributed by atoms with van der Waals surface area (Å²) in [4.78, 5) is 11.8.